The zero-order chi connectivity index (χ0) is 39.4. The minimum Gasteiger partial charge on any atom is -0.387 e. The molecule has 56 heavy (non-hydrogen) atoms. The molecule has 2 aliphatic heterocycles. The van der Waals surface area contributed by atoms with Crippen LogP contribution in [0.15, 0.2) is 96.2 Å². The summed E-state index contributed by atoms with van der Waals surface area (Å²) in [5.74, 6) is -1.23. The number of anilines is 1. The molecule has 17 heteroatoms. The van der Waals surface area contributed by atoms with Gasteiger partial charge in [0.1, 0.15) is 35.1 Å². The number of aliphatic hydroxyl groups excluding tert-OH is 2. The molecule has 0 saturated carbocycles. The molecule has 0 radical (unpaired) electrons. The zero-order valence-electron chi connectivity index (χ0n) is 30.4. The van der Waals surface area contributed by atoms with Crippen molar-refractivity contribution in [2.75, 3.05) is 38.7 Å². The summed E-state index contributed by atoms with van der Waals surface area (Å²) in [6.07, 6.45) is -6.95. The van der Waals surface area contributed by atoms with Gasteiger partial charge in [-0.25, -0.2) is 23.9 Å². The molecule has 2 saturated heterocycles. The number of hydrogen-bond acceptors (Lipinski definition) is 10. The number of aliphatic hydroxyl groups is 2. The number of piperidine rings is 1. The molecule has 0 aliphatic carbocycles. The van der Waals surface area contributed by atoms with Gasteiger partial charge in [-0.3, -0.25) is 9.36 Å². The van der Waals surface area contributed by atoms with E-state index in [0.29, 0.717) is 41.3 Å². The standard InChI is InChI=1S/C39H42F3N7O6S/c1-54-22-30-33(50)34(51)37(55-30)49-23-44-32-35(43-20-29(26-8-4-2-5-9-26)27-10-6-3-7-11-27)46-31(47-36(32)49)21-45-56(53)28-14-12-24(13-15-28)25-16-18-48(19-17-25)38(52)39(40,41)42/h2-15,23,25,29-30,33-34,37,45,50-51H,16-22H2,1H3,(H,43,46,47)/t30-,33-,34-,37-,56?/m1/s1. The number of halogens is 3. The number of likely N-dealkylation sites (tertiary alicyclic amines) is 1. The van der Waals surface area contributed by atoms with E-state index in [0.717, 1.165) is 21.6 Å². The molecule has 1 amide bonds. The van der Waals surface area contributed by atoms with Crippen molar-refractivity contribution >= 4 is 33.9 Å². The fourth-order valence-corrected chi connectivity index (χ4v) is 8.09. The van der Waals surface area contributed by atoms with Crippen LogP contribution in [-0.2, 0) is 31.8 Å². The maximum atomic E-state index is 13.5. The number of nitrogens with one attached hydrogen (secondary N) is 2. The van der Waals surface area contributed by atoms with E-state index in [4.69, 9.17) is 19.4 Å². The number of fused-ring (bicyclic) bond motifs is 1. The normalized spacial score (nSPS) is 21.2. The van der Waals surface area contributed by atoms with Crippen molar-refractivity contribution in [1.29, 1.82) is 0 Å². The number of amides is 1. The molecule has 5 aromatic rings. The molecular formula is C39H42F3N7O6S. The Morgan fingerprint density at radius 2 is 1.61 bits per heavy atom. The smallest absolute Gasteiger partial charge is 0.387 e. The number of imidazole rings is 1. The number of hydrogen-bond donors (Lipinski definition) is 4. The van der Waals surface area contributed by atoms with E-state index in [1.165, 1.54) is 13.4 Å². The second kappa shape index (κ2) is 17.2. The number of benzene rings is 3. The van der Waals surface area contributed by atoms with Crippen molar-refractivity contribution in [2.24, 2.45) is 0 Å². The summed E-state index contributed by atoms with van der Waals surface area (Å²) in [7, 11) is -0.224. The first-order chi connectivity index (χ1) is 27.0. The molecule has 0 bridgehead atoms. The fraction of sp³-hybridized carbons (Fsp3) is 0.385. The maximum absolute atomic E-state index is 13.5. The van der Waals surface area contributed by atoms with Crippen molar-refractivity contribution in [1.82, 2.24) is 29.1 Å². The highest BCUT2D eigenvalue weighted by Crippen LogP contribution is 2.34. The Kier molecular flexibility index (Phi) is 12.1. The van der Waals surface area contributed by atoms with Crippen LogP contribution in [0.25, 0.3) is 11.2 Å². The molecule has 4 heterocycles. The number of aromatic nitrogens is 4. The molecule has 2 aromatic heterocycles. The van der Waals surface area contributed by atoms with E-state index in [2.05, 4.69) is 39.3 Å². The van der Waals surface area contributed by atoms with E-state index >= 15 is 0 Å². The van der Waals surface area contributed by atoms with Crippen molar-refractivity contribution in [3.05, 3.63) is 114 Å². The SMILES string of the molecule is COC[C@H]1O[C@@H](n2cnc3c(NCC(c4ccccc4)c4ccccc4)nc(CNS(=O)c4ccc(C5CCN(C(=O)C(F)(F)F)CC5)cc4)nc32)[C@H](O)[C@@H]1O. The third-order valence-corrected chi connectivity index (χ3v) is 11.3. The molecule has 13 nitrogen and oxygen atoms in total. The maximum Gasteiger partial charge on any atom is 0.471 e. The van der Waals surface area contributed by atoms with Crippen molar-refractivity contribution in [3.8, 4) is 0 Å². The summed E-state index contributed by atoms with van der Waals surface area (Å²) in [5.41, 5.74) is 3.80. The third kappa shape index (κ3) is 8.62. The summed E-state index contributed by atoms with van der Waals surface area (Å²) in [6, 6.07) is 27.1. The average Bonchev–Trinajstić information content (AvgIpc) is 3.76. The van der Waals surface area contributed by atoms with Gasteiger partial charge >= 0.3 is 12.1 Å². The summed E-state index contributed by atoms with van der Waals surface area (Å²) in [6.45, 7) is 0.496. The second-order valence-electron chi connectivity index (χ2n) is 13.8. The van der Waals surface area contributed by atoms with Gasteiger partial charge in [0, 0.05) is 32.7 Å². The van der Waals surface area contributed by atoms with Crippen molar-refractivity contribution in [3.63, 3.8) is 0 Å². The predicted molar refractivity (Wildman–Crippen MR) is 201 cm³/mol. The van der Waals surface area contributed by atoms with Gasteiger partial charge in [0.05, 0.1) is 24.4 Å². The van der Waals surface area contributed by atoms with Crippen LogP contribution < -0.4 is 10.0 Å². The van der Waals surface area contributed by atoms with Gasteiger partial charge in [0.25, 0.3) is 0 Å². The lowest BCUT2D eigenvalue weighted by Crippen LogP contribution is -2.45. The number of methoxy groups -OCH3 is 1. The topological polar surface area (TPSA) is 164 Å². The van der Waals surface area contributed by atoms with Gasteiger partial charge in [0.15, 0.2) is 23.2 Å². The molecule has 2 fully saturated rings. The number of nitrogens with zero attached hydrogens (tertiary/aromatic N) is 5. The van der Waals surface area contributed by atoms with Crippen LogP contribution in [0.4, 0.5) is 19.0 Å². The van der Waals surface area contributed by atoms with Gasteiger partial charge in [0.2, 0.25) is 0 Å². The number of rotatable bonds is 13. The first-order valence-electron chi connectivity index (χ1n) is 18.2. The molecule has 3 aromatic carbocycles. The van der Waals surface area contributed by atoms with Crippen LogP contribution in [0.5, 0.6) is 0 Å². The number of carbonyl (C=O) groups excluding carboxylic acids is 1. The van der Waals surface area contributed by atoms with Crippen LogP contribution in [0.1, 0.15) is 53.4 Å². The number of ether oxygens (including phenoxy) is 2. The largest absolute Gasteiger partial charge is 0.471 e. The number of alkyl halides is 3. The molecule has 1 unspecified atom stereocenters. The average molecular weight is 794 g/mol. The first-order valence-corrected chi connectivity index (χ1v) is 19.4. The highest BCUT2D eigenvalue weighted by molar-refractivity contribution is 7.83. The van der Waals surface area contributed by atoms with Gasteiger partial charge in [-0.1, -0.05) is 72.8 Å². The zero-order valence-corrected chi connectivity index (χ0v) is 31.2. The Bertz CT molecular complexity index is 2080. The van der Waals surface area contributed by atoms with E-state index in [-0.39, 0.29) is 43.9 Å². The summed E-state index contributed by atoms with van der Waals surface area (Å²) in [5, 5.41) is 25.1. The highest BCUT2D eigenvalue weighted by Gasteiger charge is 2.45. The summed E-state index contributed by atoms with van der Waals surface area (Å²) in [4.78, 5) is 27.1. The predicted octanol–water partition coefficient (Wildman–Crippen LogP) is 4.42. The lowest BCUT2D eigenvalue weighted by Gasteiger charge is -2.32. The lowest BCUT2D eigenvalue weighted by molar-refractivity contribution is -0.186. The Balaban J connectivity index is 1.11. The summed E-state index contributed by atoms with van der Waals surface area (Å²) < 4.78 is 67.8. The number of carbonyl (C=O) groups is 1. The monoisotopic (exact) mass is 793 g/mol. The van der Waals surface area contributed by atoms with Crippen LogP contribution in [0.2, 0.25) is 0 Å². The molecule has 7 rings (SSSR count). The summed E-state index contributed by atoms with van der Waals surface area (Å²) >= 11 is 0. The molecule has 0 spiro atoms. The van der Waals surface area contributed by atoms with Crippen LogP contribution in [-0.4, -0.2) is 103 Å². The lowest BCUT2D eigenvalue weighted by atomic mass is 9.89. The second-order valence-corrected chi connectivity index (χ2v) is 15.1. The van der Waals surface area contributed by atoms with Gasteiger partial charge < -0.3 is 29.9 Å². The van der Waals surface area contributed by atoms with Crippen LogP contribution in [0.3, 0.4) is 0 Å². The van der Waals surface area contributed by atoms with E-state index in [9.17, 15) is 32.4 Å². The molecule has 296 valence electrons. The minimum absolute atomic E-state index is 0.0116. The molecule has 2 aliphatic rings. The highest BCUT2D eigenvalue weighted by atomic mass is 32.2. The van der Waals surface area contributed by atoms with Crippen LogP contribution in [0, 0.1) is 0 Å². The third-order valence-electron chi connectivity index (χ3n) is 10.2. The van der Waals surface area contributed by atoms with Gasteiger partial charge in [-0.2, -0.15) is 13.2 Å². The fourth-order valence-electron chi connectivity index (χ4n) is 7.28. The van der Waals surface area contributed by atoms with Gasteiger partial charge in [-0.05, 0) is 47.6 Å². The van der Waals surface area contributed by atoms with E-state index < -0.39 is 47.6 Å². The Morgan fingerprint density at radius 1 is 0.964 bits per heavy atom. The van der Waals surface area contributed by atoms with E-state index in [1.54, 1.807) is 28.8 Å². The van der Waals surface area contributed by atoms with Gasteiger partial charge in [-0.15, -0.1) is 0 Å². The van der Waals surface area contributed by atoms with Crippen molar-refractivity contribution in [2.45, 2.75) is 66.8 Å². The van der Waals surface area contributed by atoms with Crippen molar-refractivity contribution < 1.29 is 41.9 Å². The molecule has 4 N–H and O–H groups in total. The van der Waals surface area contributed by atoms with E-state index in [1.807, 2.05) is 36.4 Å². The quantitative estimate of drug-likeness (QED) is 0.134. The Labute approximate surface area is 323 Å². The molecule has 5 atom stereocenters. The Morgan fingerprint density at radius 3 is 2.21 bits per heavy atom. The Hall–Kier alpha value is -4.78. The van der Waals surface area contributed by atoms with Crippen LogP contribution >= 0.6 is 0 Å². The minimum atomic E-state index is -4.89. The first kappa shape index (κ1) is 39.5. The molecular weight excluding hydrogens is 752 g/mol.